The van der Waals surface area contributed by atoms with Crippen molar-refractivity contribution in [2.75, 3.05) is 20.3 Å². The zero-order valence-corrected chi connectivity index (χ0v) is 21.0. The van der Waals surface area contributed by atoms with E-state index >= 15 is 0 Å². The second kappa shape index (κ2) is 10.3. The Morgan fingerprint density at radius 1 is 1.14 bits per heavy atom. The van der Waals surface area contributed by atoms with Crippen molar-refractivity contribution in [3.63, 3.8) is 0 Å². The van der Waals surface area contributed by atoms with E-state index in [1.54, 1.807) is 19.2 Å². The SMILES string of the molecule is CCOC(=O)CN1C(=S)N[C@@H](c2ccccn2)[C@H]1c1cc(C)n(-c2ccccc2C(=O)OC)c1C. The number of benzene rings is 1. The summed E-state index contributed by atoms with van der Waals surface area (Å²) in [4.78, 5) is 31.4. The van der Waals surface area contributed by atoms with Gasteiger partial charge in [-0.2, -0.15) is 0 Å². The number of carbonyl (C=O) groups is 2. The second-order valence-electron chi connectivity index (χ2n) is 8.23. The van der Waals surface area contributed by atoms with Gasteiger partial charge in [-0.1, -0.05) is 18.2 Å². The third-order valence-corrected chi connectivity index (χ3v) is 6.49. The number of aromatic nitrogens is 2. The molecule has 3 heterocycles. The minimum absolute atomic E-state index is 0.0100. The number of ether oxygens (including phenoxy) is 2. The van der Waals surface area contributed by atoms with Gasteiger partial charge in [0.2, 0.25) is 0 Å². The number of hydrogen-bond donors (Lipinski definition) is 1. The van der Waals surface area contributed by atoms with Crippen molar-refractivity contribution in [1.82, 2.24) is 19.8 Å². The molecule has 0 bridgehead atoms. The summed E-state index contributed by atoms with van der Waals surface area (Å²) >= 11 is 5.66. The Labute approximate surface area is 209 Å². The topological polar surface area (TPSA) is 85.7 Å². The predicted molar refractivity (Wildman–Crippen MR) is 135 cm³/mol. The lowest BCUT2D eigenvalue weighted by Crippen LogP contribution is -2.35. The van der Waals surface area contributed by atoms with E-state index in [1.807, 2.05) is 59.7 Å². The Kier molecular flexibility index (Phi) is 7.16. The van der Waals surface area contributed by atoms with Gasteiger partial charge in [-0.3, -0.25) is 9.78 Å². The van der Waals surface area contributed by atoms with Crippen LogP contribution in [0, 0.1) is 13.8 Å². The normalized spacial score (nSPS) is 17.3. The summed E-state index contributed by atoms with van der Waals surface area (Å²) in [6.07, 6.45) is 1.74. The number of hydrogen-bond acceptors (Lipinski definition) is 6. The number of esters is 2. The van der Waals surface area contributed by atoms with Crippen molar-refractivity contribution in [2.45, 2.75) is 32.9 Å². The maximum absolute atomic E-state index is 12.5. The van der Waals surface area contributed by atoms with Gasteiger partial charge < -0.3 is 24.3 Å². The summed E-state index contributed by atoms with van der Waals surface area (Å²) in [5.74, 6) is -0.762. The van der Waals surface area contributed by atoms with Crippen LogP contribution < -0.4 is 5.32 Å². The van der Waals surface area contributed by atoms with Crippen LogP contribution in [0.3, 0.4) is 0 Å². The molecule has 182 valence electrons. The van der Waals surface area contributed by atoms with Crippen LogP contribution in [0.4, 0.5) is 0 Å². The zero-order valence-electron chi connectivity index (χ0n) is 20.1. The minimum atomic E-state index is -0.409. The van der Waals surface area contributed by atoms with Gasteiger partial charge in [0, 0.05) is 17.6 Å². The standard InChI is InChI=1S/C26H28N4O4S/c1-5-34-22(31)15-29-24(23(28-26(29)35)20-11-8-9-13-27-20)19-14-16(2)30(17(19)3)21-12-7-6-10-18(21)25(32)33-4/h6-14,23-24H,5,15H2,1-4H3,(H,28,35)/t23-,24+/m0/s1. The van der Waals surface area contributed by atoms with E-state index in [9.17, 15) is 9.59 Å². The molecule has 1 saturated heterocycles. The number of rotatable bonds is 7. The molecule has 9 heteroatoms. The first kappa shape index (κ1) is 24.4. The summed E-state index contributed by atoms with van der Waals surface area (Å²) in [5.41, 5.74) is 4.82. The molecule has 3 aromatic rings. The lowest BCUT2D eigenvalue weighted by atomic mass is 9.96. The van der Waals surface area contributed by atoms with E-state index < -0.39 is 5.97 Å². The summed E-state index contributed by atoms with van der Waals surface area (Å²) in [6, 6.07) is 14.5. The molecule has 1 aliphatic rings. The number of carbonyl (C=O) groups excluding carboxylic acids is 2. The monoisotopic (exact) mass is 492 g/mol. The van der Waals surface area contributed by atoms with Crippen LogP contribution in [0.25, 0.3) is 5.69 Å². The lowest BCUT2D eigenvalue weighted by molar-refractivity contribution is -0.143. The van der Waals surface area contributed by atoms with Crippen LogP contribution >= 0.6 is 12.2 Å². The first-order valence-electron chi connectivity index (χ1n) is 11.4. The van der Waals surface area contributed by atoms with Crippen LogP contribution in [0.2, 0.25) is 0 Å². The van der Waals surface area contributed by atoms with Crippen molar-refractivity contribution in [2.24, 2.45) is 0 Å². The molecule has 4 rings (SSSR count). The van der Waals surface area contributed by atoms with Crippen LogP contribution in [0.5, 0.6) is 0 Å². The minimum Gasteiger partial charge on any atom is -0.465 e. The number of nitrogens with one attached hydrogen (secondary N) is 1. The summed E-state index contributed by atoms with van der Waals surface area (Å²) < 4.78 is 12.3. The molecule has 2 aromatic heterocycles. The van der Waals surface area contributed by atoms with E-state index in [0.717, 1.165) is 28.3 Å². The Morgan fingerprint density at radius 2 is 1.89 bits per heavy atom. The third-order valence-electron chi connectivity index (χ3n) is 6.14. The highest BCUT2D eigenvalue weighted by atomic mass is 32.1. The van der Waals surface area contributed by atoms with E-state index in [4.69, 9.17) is 21.7 Å². The number of para-hydroxylation sites is 1. The Morgan fingerprint density at radius 3 is 2.57 bits per heavy atom. The molecule has 0 aliphatic carbocycles. The fourth-order valence-corrected chi connectivity index (χ4v) is 4.97. The molecule has 35 heavy (non-hydrogen) atoms. The van der Waals surface area contributed by atoms with E-state index in [-0.39, 0.29) is 24.6 Å². The van der Waals surface area contributed by atoms with Gasteiger partial charge in [-0.15, -0.1) is 0 Å². The van der Waals surface area contributed by atoms with E-state index in [0.29, 0.717) is 17.3 Å². The number of aryl methyl sites for hydroxylation is 1. The summed E-state index contributed by atoms with van der Waals surface area (Å²) in [7, 11) is 1.37. The number of thiocarbonyl (C=S) groups is 1. The highest BCUT2D eigenvalue weighted by Crippen LogP contribution is 2.41. The van der Waals surface area contributed by atoms with Gasteiger partial charge in [0.05, 0.1) is 42.7 Å². The van der Waals surface area contributed by atoms with Gasteiger partial charge in [0.25, 0.3) is 0 Å². The molecule has 2 atom stereocenters. The zero-order chi connectivity index (χ0) is 25.1. The molecule has 8 nitrogen and oxygen atoms in total. The highest BCUT2D eigenvalue weighted by molar-refractivity contribution is 7.80. The van der Waals surface area contributed by atoms with E-state index in [2.05, 4.69) is 16.4 Å². The average Bonchev–Trinajstić information content (AvgIpc) is 3.33. The van der Waals surface area contributed by atoms with Gasteiger partial charge in [0.1, 0.15) is 6.54 Å². The third kappa shape index (κ3) is 4.64. The van der Waals surface area contributed by atoms with Gasteiger partial charge in [-0.05, 0) is 68.9 Å². The summed E-state index contributed by atoms with van der Waals surface area (Å²) in [5, 5.41) is 3.81. The number of pyridine rings is 1. The van der Waals surface area contributed by atoms with Crippen molar-refractivity contribution in [3.8, 4) is 5.69 Å². The van der Waals surface area contributed by atoms with Crippen LogP contribution in [0.15, 0.2) is 54.7 Å². The maximum atomic E-state index is 12.5. The molecule has 0 spiro atoms. The van der Waals surface area contributed by atoms with Crippen molar-refractivity contribution in [3.05, 3.63) is 82.9 Å². The van der Waals surface area contributed by atoms with Crippen molar-refractivity contribution in [1.29, 1.82) is 0 Å². The van der Waals surface area contributed by atoms with Crippen LogP contribution in [-0.2, 0) is 14.3 Å². The molecular formula is C26H28N4O4S. The highest BCUT2D eigenvalue weighted by Gasteiger charge is 2.42. The van der Waals surface area contributed by atoms with Crippen molar-refractivity contribution < 1.29 is 19.1 Å². The fraction of sp³-hybridized carbons (Fsp3) is 0.308. The van der Waals surface area contributed by atoms with Gasteiger partial charge >= 0.3 is 11.9 Å². The summed E-state index contributed by atoms with van der Waals surface area (Å²) in [6.45, 7) is 6.06. The smallest absolute Gasteiger partial charge is 0.339 e. The molecule has 0 saturated carbocycles. The molecular weight excluding hydrogens is 464 g/mol. The second-order valence-corrected chi connectivity index (χ2v) is 8.62. The van der Waals surface area contributed by atoms with Crippen LogP contribution in [0.1, 0.15) is 52.0 Å². The molecule has 1 aliphatic heterocycles. The molecule has 0 radical (unpaired) electrons. The number of nitrogens with zero attached hydrogens (tertiary/aromatic N) is 3. The van der Waals surface area contributed by atoms with E-state index in [1.165, 1.54) is 7.11 Å². The van der Waals surface area contributed by atoms with Crippen LogP contribution in [-0.4, -0.2) is 51.8 Å². The Hall–Kier alpha value is -3.72. The predicted octanol–water partition coefficient (Wildman–Crippen LogP) is 3.81. The molecule has 1 aromatic carbocycles. The lowest BCUT2D eigenvalue weighted by Gasteiger charge is -2.27. The Balaban J connectivity index is 1.85. The quantitative estimate of drug-likeness (QED) is 0.394. The molecule has 0 amide bonds. The first-order valence-corrected chi connectivity index (χ1v) is 11.8. The fourth-order valence-electron chi connectivity index (χ4n) is 4.67. The van der Waals surface area contributed by atoms with Crippen molar-refractivity contribution >= 4 is 29.3 Å². The van der Waals surface area contributed by atoms with Gasteiger partial charge in [0.15, 0.2) is 5.11 Å². The largest absolute Gasteiger partial charge is 0.465 e. The molecule has 1 fully saturated rings. The van der Waals surface area contributed by atoms with Gasteiger partial charge in [-0.25, -0.2) is 4.79 Å². The average molecular weight is 493 g/mol. The number of methoxy groups -OCH3 is 1. The molecule has 1 N–H and O–H groups in total. The Bertz CT molecular complexity index is 1260. The maximum Gasteiger partial charge on any atom is 0.339 e. The first-order chi connectivity index (χ1) is 16.9. The molecule has 0 unspecified atom stereocenters.